The lowest BCUT2D eigenvalue weighted by molar-refractivity contribution is 0.0680. The van der Waals surface area contributed by atoms with Gasteiger partial charge >= 0.3 is 5.97 Å². The van der Waals surface area contributed by atoms with Crippen LogP contribution in [0.1, 0.15) is 10.6 Å². The second kappa shape index (κ2) is 3.67. The summed E-state index contributed by atoms with van der Waals surface area (Å²) in [4.78, 5) is 15.2. The van der Waals surface area contributed by atoms with Crippen molar-refractivity contribution in [2.45, 2.75) is 0 Å². The van der Waals surface area contributed by atoms with Crippen molar-refractivity contribution in [1.82, 2.24) is 10.1 Å². The number of carbonyl (C=O) groups is 1. The van der Waals surface area contributed by atoms with Crippen molar-refractivity contribution in [3.05, 3.63) is 36.2 Å². The molecule has 5 nitrogen and oxygen atoms in total. The van der Waals surface area contributed by atoms with E-state index in [9.17, 15) is 4.79 Å². The van der Waals surface area contributed by atoms with Crippen LogP contribution in [0.4, 0.5) is 0 Å². The van der Waals surface area contributed by atoms with Gasteiger partial charge in [-0.25, -0.2) is 4.79 Å². The molecular formula is C11H6N2O3S. The zero-order chi connectivity index (χ0) is 11.8. The van der Waals surface area contributed by atoms with E-state index < -0.39 is 5.97 Å². The first-order chi connectivity index (χ1) is 8.24. The fraction of sp³-hybridized carbons (Fsp3) is 0. The third-order valence-electron chi connectivity index (χ3n) is 2.25. The number of fused-ring (bicyclic) bond motifs is 1. The number of thiophene rings is 1. The van der Waals surface area contributed by atoms with Gasteiger partial charge in [-0.05, 0) is 22.7 Å². The highest BCUT2D eigenvalue weighted by Gasteiger charge is 2.15. The van der Waals surface area contributed by atoms with Gasteiger partial charge in [-0.2, -0.15) is 4.98 Å². The van der Waals surface area contributed by atoms with Crippen molar-refractivity contribution >= 4 is 27.4 Å². The predicted molar refractivity (Wildman–Crippen MR) is 62.1 cm³/mol. The average Bonchev–Trinajstić information content (AvgIpc) is 2.95. The summed E-state index contributed by atoms with van der Waals surface area (Å²) >= 11 is 1.49. The molecule has 0 atom stereocenters. The highest BCUT2D eigenvalue weighted by atomic mass is 32.1. The van der Waals surface area contributed by atoms with Crippen molar-refractivity contribution in [3.8, 4) is 10.8 Å². The van der Waals surface area contributed by atoms with E-state index in [0.717, 1.165) is 15.0 Å². The molecule has 0 aliphatic carbocycles. The van der Waals surface area contributed by atoms with Crippen molar-refractivity contribution in [3.63, 3.8) is 0 Å². The number of hydrogen-bond donors (Lipinski definition) is 1. The van der Waals surface area contributed by atoms with Gasteiger partial charge in [-0.3, -0.25) is 0 Å². The Bertz CT molecular complexity index is 668. The second-order valence-electron chi connectivity index (χ2n) is 3.38. The van der Waals surface area contributed by atoms with E-state index in [4.69, 9.17) is 9.63 Å². The van der Waals surface area contributed by atoms with Gasteiger partial charge in [0.15, 0.2) is 0 Å². The second-order valence-corrected chi connectivity index (χ2v) is 4.46. The fourth-order valence-corrected chi connectivity index (χ4v) is 2.48. The lowest BCUT2D eigenvalue weighted by Gasteiger charge is -1.82. The predicted octanol–water partition coefficient (Wildman–Crippen LogP) is 2.65. The molecule has 84 valence electrons. The Balaban J connectivity index is 2.10. The molecule has 0 saturated carbocycles. The molecule has 17 heavy (non-hydrogen) atoms. The van der Waals surface area contributed by atoms with Gasteiger partial charge in [0.2, 0.25) is 0 Å². The molecule has 0 saturated heterocycles. The van der Waals surface area contributed by atoms with E-state index in [0.29, 0.717) is 0 Å². The summed E-state index contributed by atoms with van der Waals surface area (Å²) in [6.07, 6.45) is 0. The van der Waals surface area contributed by atoms with E-state index in [1.165, 1.54) is 11.3 Å². The number of hydrogen-bond acceptors (Lipinski definition) is 5. The van der Waals surface area contributed by atoms with E-state index in [2.05, 4.69) is 10.1 Å². The molecule has 0 fully saturated rings. The lowest BCUT2D eigenvalue weighted by Crippen LogP contribution is -1.97. The minimum Gasteiger partial charge on any atom is -0.475 e. The number of aromatic nitrogens is 2. The molecular weight excluding hydrogens is 240 g/mol. The van der Waals surface area contributed by atoms with Crippen LogP contribution in [0.3, 0.4) is 0 Å². The van der Waals surface area contributed by atoms with Gasteiger partial charge in [0.05, 0.1) is 4.88 Å². The molecule has 1 N–H and O–H groups in total. The van der Waals surface area contributed by atoms with Crippen LogP contribution in [0.5, 0.6) is 0 Å². The number of rotatable bonds is 2. The average molecular weight is 246 g/mol. The molecule has 0 unspecified atom stereocenters. The third-order valence-corrected chi connectivity index (χ3v) is 3.36. The van der Waals surface area contributed by atoms with Gasteiger partial charge in [-0.15, -0.1) is 11.3 Å². The van der Waals surface area contributed by atoms with E-state index >= 15 is 0 Å². The molecule has 3 rings (SSSR count). The fourth-order valence-electron chi connectivity index (χ4n) is 1.50. The van der Waals surface area contributed by atoms with Crippen LogP contribution in [0.15, 0.2) is 34.9 Å². The minimum atomic E-state index is -1.19. The number of benzene rings is 1. The molecule has 3 aromatic rings. The van der Waals surface area contributed by atoms with Crippen LogP contribution in [0.25, 0.3) is 20.9 Å². The van der Waals surface area contributed by atoms with Gasteiger partial charge in [0.25, 0.3) is 11.7 Å². The Morgan fingerprint density at radius 1 is 1.35 bits per heavy atom. The summed E-state index contributed by atoms with van der Waals surface area (Å²) in [6, 6.07) is 9.75. The molecule has 2 heterocycles. The van der Waals surface area contributed by atoms with E-state index in [1.807, 2.05) is 30.3 Å². The highest BCUT2D eigenvalue weighted by Crippen LogP contribution is 2.32. The monoisotopic (exact) mass is 246 g/mol. The first kappa shape index (κ1) is 9.98. The van der Waals surface area contributed by atoms with Gasteiger partial charge in [0.1, 0.15) is 0 Å². The maximum Gasteiger partial charge on any atom is 0.377 e. The summed E-state index contributed by atoms with van der Waals surface area (Å²) in [6.45, 7) is 0. The third kappa shape index (κ3) is 1.68. The number of nitrogens with zero attached hydrogens (tertiary/aromatic N) is 2. The highest BCUT2D eigenvalue weighted by molar-refractivity contribution is 7.22. The van der Waals surface area contributed by atoms with Crippen molar-refractivity contribution < 1.29 is 14.4 Å². The summed E-state index contributed by atoms with van der Waals surface area (Å²) < 4.78 is 6.00. The number of aromatic carboxylic acids is 1. The van der Waals surface area contributed by atoms with Crippen molar-refractivity contribution in [2.24, 2.45) is 0 Å². The Hall–Kier alpha value is -2.21. The van der Waals surface area contributed by atoms with Crippen molar-refractivity contribution in [1.29, 1.82) is 0 Å². The molecule has 2 aromatic heterocycles. The Morgan fingerprint density at radius 2 is 2.18 bits per heavy atom. The Morgan fingerprint density at radius 3 is 2.88 bits per heavy atom. The summed E-state index contributed by atoms with van der Waals surface area (Å²) in [5.74, 6) is -1.28. The van der Waals surface area contributed by atoms with Crippen molar-refractivity contribution in [2.75, 3.05) is 0 Å². The van der Waals surface area contributed by atoms with E-state index in [-0.39, 0.29) is 11.7 Å². The zero-order valence-corrected chi connectivity index (χ0v) is 9.27. The summed E-state index contributed by atoms with van der Waals surface area (Å²) in [7, 11) is 0. The van der Waals surface area contributed by atoms with Crippen LogP contribution in [0, 0.1) is 0 Å². The van der Waals surface area contributed by atoms with Gasteiger partial charge < -0.3 is 9.63 Å². The maximum atomic E-state index is 10.6. The zero-order valence-electron chi connectivity index (χ0n) is 8.45. The summed E-state index contributed by atoms with van der Waals surface area (Å²) in [5.41, 5.74) is 0. The Kier molecular flexibility index (Phi) is 2.15. The van der Waals surface area contributed by atoms with Gasteiger partial charge in [-0.1, -0.05) is 18.2 Å². The van der Waals surface area contributed by atoms with Crippen LogP contribution in [-0.2, 0) is 0 Å². The minimum absolute atomic E-state index is 0.239. The smallest absolute Gasteiger partial charge is 0.377 e. The first-order valence-corrected chi connectivity index (χ1v) is 5.61. The van der Waals surface area contributed by atoms with Crippen LogP contribution in [0.2, 0.25) is 0 Å². The normalized spacial score (nSPS) is 10.8. The molecule has 0 spiro atoms. The summed E-state index contributed by atoms with van der Waals surface area (Å²) in [5, 5.41) is 13.2. The molecule has 0 aliphatic heterocycles. The lowest BCUT2D eigenvalue weighted by atomic mass is 10.2. The van der Waals surface area contributed by atoms with Crippen LogP contribution < -0.4 is 0 Å². The Labute approximate surface area is 99.3 Å². The quantitative estimate of drug-likeness (QED) is 0.752. The molecule has 0 aliphatic rings. The molecule has 6 heteroatoms. The SMILES string of the molecule is O=C(O)c1noc(-c2cc3ccccc3s2)n1. The van der Waals surface area contributed by atoms with Crippen LogP contribution >= 0.6 is 11.3 Å². The topological polar surface area (TPSA) is 76.2 Å². The largest absolute Gasteiger partial charge is 0.475 e. The molecule has 0 radical (unpaired) electrons. The first-order valence-electron chi connectivity index (χ1n) is 4.80. The van der Waals surface area contributed by atoms with Crippen LogP contribution in [-0.4, -0.2) is 21.2 Å². The standard InChI is InChI=1S/C11H6N2O3S/c14-11(15)9-12-10(16-13-9)8-5-6-3-1-2-4-7(6)17-8/h1-5H,(H,14,15). The molecule has 0 bridgehead atoms. The molecule has 0 amide bonds. The van der Waals surface area contributed by atoms with E-state index in [1.54, 1.807) is 0 Å². The molecule has 1 aromatic carbocycles. The number of carboxylic acids is 1. The maximum absolute atomic E-state index is 10.6. The van der Waals surface area contributed by atoms with Gasteiger partial charge in [0, 0.05) is 4.70 Å². The number of carboxylic acid groups (broad SMARTS) is 1.